The highest BCUT2D eigenvalue weighted by molar-refractivity contribution is 7.85. The summed E-state index contributed by atoms with van der Waals surface area (Å²) in [5.41, 5.74) is 8.17. The Labute approximate surface area is 294 Å². The number of carbonyl (C=O) groups is 1. The van der Waals surface area contributed by atoms with Gasteiger partial charge in [0.1, 0.15) is 17.7 Å². The number of likely N-dealkylation sites (tertiary alicyclic amines) is 1. The van der Waals surface area contributed by atoms with Gasteiger partial charge >= 0.3 is 6.09 Å². The fraction of sp³-hybridized carbons (Fsp3) is 0.441. The minimum absolute atomic E-state index is 0.0462. The Balaban J connectivity index is 0.000000392. The first-order valence-corrected chi connectivity index (χ1v) is 17.9. The summed E-state index contributed by atoms with van der Waals surface area (Å²) < 4.78 is 74.0. The standard InChI is InChI=1S/C27H33F2N7O4.C7H8O3S/c1-15(2)38-27(37)35-8-6-19(7-9-35)39-16(3)25-33-24(34-40-25)17-11-31-26(32-12-17)36-13-21(23(30)14-36)20-5-4-18(28)10-22(20)29;1-6-2-4-7(5-3-6)11(8,9)10/h4-5,10-12,15-16,19,21,23H,6-9,13-14,30H2,1-3H3;2-5H,1H3,(H,8,9,10)/t16-,21-,23+;/m1./s1. The normalized spacial score (nSPS) is 18.8. The first-order chi connectivity index (χ1) is 24.2. The molecular weight excluding hydrogens is 688 g/mol. The number of hydrogen-bond acceptors (Lipinski definition) is 12. The van der Waals surface area contributed by atoms with Gasteiger partial charge in [-0.1, -0.05) is 28.9 Å². The summed E-state index contributed by atoms with van der Waals surface area (Å²) in [4.78, 5) is 28.9. The van der Waals surface area contributed by atoms with Crippen molar-refractivity contribution in [1.29, 1.82) is 0 Å². The Bertz CT molecular complexity index is 1890. The van der Waals surface area contributed by atoms with E-state index in [2.05, 4.69) is 20.1 Å². The third kappa shape index (κ3) is 9.81. The maximum absolute atomic E-state index is 14.3. The lowest BCUT2D eigenvalue weighted by molar-refractivity contribution is -0.0475. The summed E-state index contributed by atoms with van der Waals surface area (Å²) in [7, 11) is -4.02. The largest absolute Gasteiger partial charge is 0.447 e. The van der Waals surface area contributed by atoms with E-state index in [0.717, 1.165) is 11.6 Å². The van der Waals surface area contributed by atoms with Gasteiger partial charge < -0.3 is 29.5 Å². The number of carbonyl (C=O) groups excluding carboxylic acids is 1. The highest BCUT2D eigenvalue weighted by Gasteiger charge is 2.34. The van der Waals surface area contributed by atoms with Gasteiger partial charge in [-0.05, 0) is 64.3 Å². The average molecular weight is 730 g/mol. The predicted octanol–water partition coefficient (Wildman–Crippen LogP) is 5.06. The number of benzene rings is 2. The van der Waals surface area contributed by atoms with Crippen molar-refractivity contribution in [2.45, 2.75) is 75.7 Å². The number of nitrogens with zero attached hydrogens (tertiary/aromatic N) is 6. The molecule has 17 heteroatoms. The second-order valence-corrected chi connectivity index (χ2v) is 14.2. The average Bonchev–Trinajstić information content (AvgIpc) is 3.73. The number of aromatic nitrogens is 4. The smallest absolute Gasteiger partial charge is 0.410 e. The van der Waals surface area contributed by atoms with E-state index in [1.165, 1.54) is 24.3 Å². The van der Waals surface area contributed by atoms with E-state index in [9.17, 15) is 22.0 Å². The van der Waals surface area contributed by atoms with Crippen LogP contribution < -0.4 is 10.6 Å². The van der Waals surface area contributed by atoms with Crippen LogP contribution in [0.1, 0.15) is 62.7 Å². The fourth-order valence-corrected chi connectivity index (χ4v) is 6.23. The van der Waals surface area contributed by atoms with E-state index >= 15 is 0 Å². The number of rotatable bonds is 8. The SMILES string of the molecule is CC(C)OC(=O)N1CCC(O[C@H](C)c2nc(-c3cnc(N4C[C@H](c5ccc(F)cc5F)[C@@H](N)C4)nc3)no2)CC1.Cc1ccc(S(=O)(=O)O)cc1. The zero-order chi connectivity index (χ0) is 36.9. The molecule has 6 rings (SSSR count). The number of anilines is 1. The van der Waals surface area contributed by atoms with Crippen LogP contribution in [0.3, 0.4) is 0 Å². The molecule has 0 aliphatic carbocycles. The summed E-state index contributed by atoms with van der Waals surface area (Å²) in [5, 5.41) is 4.05. The molecule has 2 saturated heterocycles. The van der Waals surface area contributed by atoms with Gasteiger partial charge in [-0.2, -0.15) is 13.4 Å². The van der Waals surface area contributed by atoms with E-state index in [4.69, 9.17) is 24.3 Å². The van der Waals surface area contributed by atoms with Crippen LogP contribution in [0.25, 0.3) is 11.4 Å². The van der Waals surface area contributed by atoms with Crippen molar-refractivity contribution in [3.63, 3.8) is 0 Å². The summed E-state index contributed by atoms with van der Waals surface area (Å²) >= 11 is 0. The maximum Gasteiger partial charge on any atom is 0.410 e. The van der Waals surface area contributed by atoms with Gasteiger partial charge in [-0.25, -0.2) is 23.5 Å². The van der Waals surface area contributed by atoms with Crippen molar-refractivity contribution in [3.05, 3.63) is 83.5 Å². The number of amides is 1. The molecule has 14 nitrogen and oxygen atoms in total. The molecule has 3 N–H and O–H groups in total. The minimum Gasteiger partial charge on any atom is -0.447 e. The Morgan fingerprint density at radius 1 is 1.04 bits per heavy atom. The lowest BCUT2D eigenvalue weighted by atomic mass is 9.94. The number of aryl methyl sites for hydroxylation is 1. The number of halogens is 2. The number of piperidine rings is 1. The quantitative estimate of drug-likeness (QED) is 0.229. The number of hydrogen-bond donors (Lipinski definition) is 2. The third-order valence-electron chi connectivity index (χ3n) is 8.45. The monoisotopic (exact) mass is 729 g/mol. The zero-order valence-corrected chi connectivity index (χ0v) is 29.5. The van der Waals surface area contributed by atoms with Crippen LogP contribution >= 0.6 is 0 Å². The van der Waals surface area contributed by atoms with E-state index in [1.54, 1.807) is 29.4 Å². The molecule has 2 aromatic carbocycles. The fourth-order valence-electron chi connectivity index (χ4n) is 5.75. The Morgan fingerprint density at radius 3 is 2.31 bits per heavy atom. The predicted molar refractivity (Wildman–Crippen MR) is 181 cm³/mol. The molecule has 2 aromatic heterocycles. The van der Waals surface area contributed by atoms with Gasteiger partial charge in [0, 0.05) is 56.6 Å². The van der Waals surface area contributed by atoms with Crippen LogP contribution in [-0.2, 0) is 19.6 Å². The molecule has 4 aromatic rings. The molecule has 4 heterocycles. The molecule has 0 saturated carbocycles. The van der Waals surface area contributed by atoms with Crippen LogP contribution in [0.4, 0.5) is 19.5 Å². The molecule has 2 fully saturated rings. The molecule has 0 radical (unpaired) electrons. The van der Waals surface area contributed by atoms with Crippen molar-refractivity contribution >= 4 is 22.2 Å². The summed E-state index contributed by atoms with van der Waals surface area (Å²) in [6.45, 7) is 9.29. The van der Waals surface area contributed by atoms with E-state index < -0.39 is 27.9 Å². The van der Waals surface area contributed by atoms with Gasteiger partial charge in [0.25, 0.3) is 16.0 Å². The molecule has 274 valence electrons. The van der Waals surface area contributed by atoms with Gasteiger partial charge in [0.15, 0.2) is 0 Å². The molecule has 51 heavy (non-hydrogen) atoms. The zero-order valence-electron chi connectivity index (χ0n) is 28.6. The van der Waals surface area contributed by atoms with Gasteiger partial charge in [-0.3, -0.25) is 4.55 Å². The van der Waals surface area contributed by atoms with Gasteiger partial charge in [-0.15, -0.1) is 0 Å². The summed E-state index contributed by atoms with van der Waals surface area (Å²) in [6.07, 6.45) is 3.61. The van der Waals surface area contributed by atoms with Gasteiger partial charge in [0.05, 0.1) is 22.7 Å². The van der Waals surface area contributed by atoms with Crippen molar-refractivity contribution < 1.29 is 40.5 Å². The molecule has 2 aliphatic heterocycles. The van der Waals surface area contributed by atoms with Gasteiger partial charge in [0.2, 0.25) is 11.8 Å². The van der Waals surface area contributed by atoms with Crippen molar-refractivity contribution in [2.24, 2.45) is 5.73 Å². The molecule has 3 atom stereocenters. The van der Waals surface area contributed by atoms with Crippen molar-refractivity contribution in [3.8, 4) is 11.4 Å². The second kappa shape index (κ2) is 16.2. The lowest BCUT2D eigenvalue weighted by Gasteiger charge is -2.32. The topological polar surface area (TPSA) is 187 Å². The van der Waals surface area contributed by atoms with Crippen LogP contribution in [0.2, 0.25) is 0 Å². The molecular formula is C34H41F2N7O7S. The minimum atomic E-state index is -4.02. The molecule has 0 bridgehead atoms. The van der Waals surface area contributed by atoms with Crippen LogP contribution in [-0.4, -0.2) is 88.5 Å². The molecule has 2 aliphatic rings. The molecule has 1 amide bonds. The Morgan fingerprint density at radius 2 is 1.71 bits per heavy atom. The molecule has 0 unspecified atom stereocenters. The van der Waals surface area contributed by atoms with Crippen LogP contribution in [0.15, 0.2) is 64.3 Å². The van der Waals surface area contributed by atoms with E-state index in [1.807, 2.05) is 32.6 Å². The Kier molecular flexibility index (Phi) is 12.0. The maximum atomic E-state index is 14.3. The third-order valence-corrected chi connectivity index (χ3v) is 9.32. The van der Waals surface area contributed by atoms with Crippen molar-refractivity contribution in [1.82, 2.24) is 25.0 Å². The van der Waals surface area contributed by atoms with Crippen LogP contribution in [0, 0.1) is 18.6 Å². The van der Waals surface area contributed by atoms with E-state index in [-0.39, 0.29) is 35.2 Å². The second-order valence-electron chi connectivity index (χ2n) is 12.8. The van der Waals surface area contributed by atoms with Crippen molar-refractivity contribution in [2.75, 3.05) is 31.1 Å². The summed E-state index contributed by atoms with van der Waals surface area (Å²) in [6, 6.07) is 9.18. The Hall–Kier alpha value is -4.58. The number of ether oxygens (including phenoxy) is 2. The lowest BCUT2D eigenvalue weighted by Crippen LogP contribution is -2.42. The van der Waals surface area contributed by atoms with E-state index in [0.29, 0.717) is 67.8 Å². The number of nitrogens with two attached hydrogens (primary N) is 1. The highest BCUT2D eigenvalue weighted by Crippen LogP contribution is 2.31. The first kappa shape index (κ1) is 37.7. The summed E-state index contributed by atoms with van der Waals surface area (Å²) in [5.74, 6) is -0.454. The first-order valence-electron chi connectivity index (χ1n) is 16.4. The highest BCUT2D eigenvalue weighted by atomic mass is 32.2. The van der Waals surface area contributed by atoms with Crippen LogP contribution in [0.5, 0.6) is 0 Å². The molecule has 0 spiro atoms.